The van der Waals surface area contributed by atoms with Crippen LogP contribution in [-0.2, 0) is 9.53 Å². The standard InChI is InChI=1S/C26H29N3O4/c1-3-32-26(31)20-9-12-21(13-10-20)27-24(30)17-33-22-8-4-7-19-11-14-23(28-25(19)22)29-15-5-6-18(2)16-29/h4,7-14,18H,3,5-6,15-17H2,1-2H3,(H,27,30)/t18-/m1/s1. The number of benzene rings is 2. The molecule has 0 spiro atoms. The zero-order valence-corrected chi connectivity index (χ0v) is 19.0. The number of ether oxygens (including phenoxy) is 2. The van der Waals surface area contributed by atoms with Gasteiger partial charge >= 0.3 is 5.97 Å². The normalized spacial score (nSPS) is 15.8. The molecule has 0 radical (unpaired) electrons. The molecule has 1 saturated heterocycles. The predicted molar refractivity (Wildman–Crippen MR) is 129 cm³/mol. The Balaban J connectivity index is 1.41. The number of anilines is 2. The number of nitrogens with zero attached hydrogens (tertiary/aromatic N) is 2. The van der Waals surface area contributed by atoms with Gasteiger partial charge in [0.25, 0.3) is 5.91 Å². The van der Waals surface area contributed by atoms with E-state index in [2.05, 4.69) is 29.3 Å². The van der Waals surface area contributed by atoms with Crippen molar-refractivity contribution in [3.8, 4) is 5.75 Å². The molecule has 3 aromatic rings. The first-order valence-corrected chi connectivity index (χ1v) is 11.4. The molecule has 0 aliphatic carbocycles. The lowest BCUT2D eigenvalue weighted by molar-refractivity contribution is -0.118. The van der Waals surface area contributed by atoms with E-state index in [0.29, 0.717) is 29.5 Å². The second kappa shape index (κ2) is 10.3. The molecule has 2 aromatic carbocycles. The summed E-state index contributed by atoms with van der Waals surface area (Å²) in [6.45, 7) is 6.20. The predicted octanol–water partition coefficient (Wildman–Crippen LogP) is 4.67. The van der Waals surface area contributed by atoms with E-state index in [9.17, 15) is 9.59 Å². The zero-order chi connectivity index (χ0) is 23.2. The summed E-state index contributed by atoms with van der Waals surface area (Å²) in [6.07, 6.45) is 2.42. The van der Waals surface area contributed by atoms with E-state index in [4.69, 9.17) is 14.5 Å². The number of nitrogens with one attached hydrogen (secondary N) is 1. The second-order valence-electron chi connectivity index (χ2n) is 8.33. The minimum atomic E-state index is -0.388. The van der Waals surface area contributed by atoms with Crippen LogP contribution in [0.4, 0.5) is 11.5 Å². The van der Waals surface area contributed by atoms with Gasteiger partial charge in [0.15, 0.2) is 6.61 Å². The molecule has 7 nitrogen and oxygen atoms in total. The lowest BCUT2D eigenvalue weighted by atomic mass is 10.0. The molecular formula is C26H29N3O4. The lowest BCUT2D eigenvalue weighted by Gasteiger charge is -2.32. The summed E-state index contributed by atoms with van der Waals surface area (Å²) in [5, 5.41) is 3.75. The minimum absolute atomic E-state index is 0.147. The van der Waals surface area contributed by atoms with Gasteiger partial charge in [0.2, 0.25) is 0 Å². The Bertz CT molecular complexity index is 1130. The number of hydrogen-bond donors (Lipinski definition) is 1. The van der Waals surface area contributed by atoms with Gasteiger partial charge in [-0.2, -0.15) is 0 Å². The SMILES string of the molecule is CCOC(=O)c1ccc(NC(=O)COc2cccc3ccc(N4CCC[C@@H](C)C4)nc23)cc1. The van der Waals surface area contributed by atoms with Crippen LogP contribution < -0.4 is 15.0 Å². The third-order valence-corrected chi connectivity index (χ3v) is 5.69. The highest BCUT2D eigenvalue weighted by Crippen LogP contribution is 2.28. The molecule has 33 heavy (non-hydrogen) atoms. The van der Waals surface area contributed by atoms with Crippen LogP contribution in [0.2, 0.25) is 0 Å². The van der Waals surface area contributed by atoms with Gasteiger partial charge < -0.3 is 19.7 Å². The average molecular weight is 448 g/mol. The second-order valence-corrected chi connectivity index (χ2v) is 8.33. The van der Waals surface area contributed by atoms with Crippen molar-refractivity contribution in [3.05, 3.63) is 60.2 Å². The highest BCUT2D eigenvalue weighted by Gasteiger charge is 2.18. The number of hydrogen-bond acceptors (Lipinski definition) is 6. The molecule has 1 aliphatic rings. The van der Waals surface area contributed by atoms with Gasteiger partial charge in [-0.15, -0.1) is 0 Å². The zero-order valence-electron chi connectivity index (χ0n) is 19.0. The molecule has 1 aromatic heterocycles. The summed E-state index contributed by atoms with van der Waals surface area (Å²) in [6, 6.07) is 16.4. The fourth-order valence-electron chi connectivity index (χ4n) is 4.04. The van der Waals surface area contributed by atoms with Crippen molar-refractivity contribution < 1.29 is 19.1 Å². The van der Waals surface area contributed by atoms with Crippen LogP contribution in [0.5, 0.6) is 5.75 Å². The van der Waals surface area contributed by atoms with Crippen molar-refractivity contribution in [2.24, 2.45) is 5.92 Å². The summed E-state index contributed by atoms with van der Waals surface area (Å²) in [4.78, 5) is 31.4. The third-order valence-electron chi connectivity index (χ3n) is 5.69. The van der Waals surface area contributed by atoms with Crippen LogP contribution in [0.25, 0.3) is 10.9 Å². The number of piperidine rings is 1. The van der Waals surface area contributed by atoms with Gasteiger partial charge in [-0.05, 0) is 68.1 Å². The van der Waals surface area contributed by atoms with E-state index < -0.39 is 0 Å². The van der Waals surface area contributed by atoms with E-state index >= 15 is 0 Å². The van der Waals surface area contributed by atoms with Crippen molar-refractivity contribution in [1.29, 1.82) is 0 Å². The highest BCUT2D eigenvalue weighted by atomic mass is 16.5. The van der Waals surface area contributed by atoms with E-state index in [1.807, 2.05) is 18.2 Å². The van der Waals surface area contributed by atoms with Gasteiger partial charge in [0.05, 0.1) is 12.2 Å². The molecule has 0 unspecified atom stereocenters. The maximum absolute atomic E-state index is 12.4. The number of esters is 1. The number of pyridine rings is 1. The van der Waals surface area contributed by atoms with E-state index in [1.165, 1.54) is 12.8 Å². The van der Waals surface area contributed by atoms with Gasteiger partial charge in [-0.1, -0.05) is 19.1 Å². The van der Waals surface area contributed by atoms with Crippen LogP contribution in [0, 0.1) is 5.92 Å². The number of fused-ring (bicyclic) bond motifs is 1. The van der Waals surface area contributed by atoms with E-state index in [-0.39, 0.29) is 18.5 Å². The minimum Gasteiger partial charge on any atom is -0.481 e. The first-order valence-electron chi connectivity index (χ1n) is 11.4. The van der Waals surface area contributed by atoms with Crippen molar-refractivity contribution in [2.75, 3.05) is 36.5 Å². The maximum atomic E-state index is 12.4. The van der Waals surface area contributed by atoms with Crippen LogP contribution in [0.15, 0.2) is 54.6 Å². The molecule has 0 saturated carbocycles. The largest absolute Gasteiger partial charge is 0.481 e. The molecule has 1 fully saturated rings. The maximum Gasteiger partial charge on any atom is 0.338 e. The van der Waals surface area contributed by atoms with Crippen molar-refractivity contribution in [2.45, 2.75) is 26.7 Å². The van der Waals surface area contributed by atoms with Crippen molar-refractivity contribution in [1.82, 2.24) is 4.98 Å². The van der Waals surface area contributed by atoms with Gasteiger partial charge in [0, 0.05) is 24.2 Å². The Morgan fingerprint density at radius 2 is 1.94 bits per heavy atom. The Kier molecular flexibility index (Phi) is 7.07. The van der Waals surface area contributed by atoms with Crippen LogP contribution in [0.1, 0.15) is 37.0 Å². The Labute approximate surface area is 193 Å². The Morgan fingerprint density at radius 3 is 2.70 bits per heavy atom. The molecule has 2 heterocycles. The number of aromatic nitrogens is 1. The molecule has 172 valence electrons. The molecule has 1 aliphatic heterocycles. The molecule has 0 bridgehead atoms. The Hall–Kier alpha value is -3.61. The number of para-hydroxylation sites is 1. The average Bonchev–Trinajstić information content (AvgIpc) is 2.83. The Morgan fingerprint density at radius 1 is 1.12 bits per heavy atom. The molecule has 1 N–H and O–H groups in total. The first-order chi connectivity index (χ1) is 16.0. The quantitative estimate of drug-likeness (QED) is 0.531. The lowest BCUT2D eigenvalue weighted by Crippen LogP contribution is -2.34. The number of carbonyl (C=O) groups excluding carboxylic acids is 2. The smallest absolute Gasteiger partial charge is 0.338 e. The number of amides is 1. The topological polar surface area (TPSA) is 80.8 Å². The fourth-order valence-corrected chi connectivity index (χ4v) is 4.04. The fraction of sp³-hybridized carbons (Fsp3) is 0.346. The number of carbonyl (C=O) groups is 2. The van der Waals surface area contributed by atoms with Crippen LogP contribution in [-0.4, -0.2) is 43.2 Å². The number of rotatable bonds is 7. The monoisotopic (exact) mass is 447 g/mol. The molecule has 1 atom stereocenters. The summed E-state index contributed by atoms with van der Waals surface area (Å²) < 4.78 is 10.8. The molecule has 1 amide bonds. The third kappa shape index (κ3) is 5.61. The van der Waals surface area contributed by atoms with Crippen molar-refractivity contribution in [3.63, 3.8) is 0 Å². The van der Waals surface area contributed by atoms with Gasteiger partial charge in [0.1, 0.15) is 17.1 Å². The molecule has 7 heteroatoms. The van der Waals surface area contributed by atoms with Crippen molar-refractivity contribution >= 4 is 34.3 Å². The highest BCUT2D eigenvalue weighted by molar-refractivity contribution is 5.94. The summed E-state index contributed by atoms with van der Waals surface area (Å²) in [5.74, 6) is 1.48. The van der Waals surface area contributed by atoms with Crippen LogP contribution >= 0.6 is 0 Å². The molecule has 4 rings (SSSR count). The summed E-state index contributed by atoms with van der Waals surface area (Å²) in [5.41, 5.74) is 1.76. The van der Waals surface area contributed by atoms with E-state index in [1.54, 1.807) is 31.2 Å². The van der Waals surface area contributed by atoms with Gasteiger partial charge in [-0.3, -0.25) is 4.79 Å². The van der Waals surface area contributed by atoms with Gasteiger partial charge in [-0.25, -0.2) is 9.78 Å². The molecular weight excluding hydrogens is 418 g/mol. The van der Waals surface area contributed by atoms with Crippen LogP contribution in [0.3, 0.4) is 0 Å². The summed E-state index contributed by atoms with van der Waals surface area (Å²) in [7, 11) is 0. The summed E-state index contributed by atoms with van der Waals surface area (Å²) >= 11 is 0. The van der Waals surface area contributed by atoms with E-state index in [0.717, 1.165) is 29.8 Å². The first kappa shape index (κ1) is 22.6.